The van der Waals surface area contributed by atoms with Crippen molar-refractivity contribution in [2.45, 2.75) is 24.7 Å². The third-order valence-corrected chi connectivity index (χ3v) is 6.15. The van der Waals surface area contributed by atoms with Gasteiger partial charge in [-0.15, -0.1) is 0 Å². The number of aryl methyl sites for hydroxylation is 2. The standard InChI is InChI=1S/C21H28N2O5S/c1-16-6-5-7-18(14-16)28-13-12-22-21(24)11-8-17-15-19(9-10-20(17)27-4)29(25,26)23(2)3/h5-7,9-10,14-15H,8,11-13H2,1-4H3,(H,22,24). The number of carbonyl (C=O) groups excluding carboxylic acids is 1. The van der Waals surface area contributed by atoms with Crippen LogP contribution in [0.2, 0.25) is 0 Å². The van der Waals surface area contributed by atoms with Gasteiger partial charge in [-0.1, -0.05) is 12.1 Å². The van der Waals surface area contributed by atoms with Crippen LogP contribution in [0, 0.1) is 6.92 Å². The molecule has 0 saturated heterocycles. The van der Waals surface area contributed by atoms with Gasteiger partial charge in [0.05, 0.1) is 18.6 Å². The number of nitrogens with one attached hydrogen (secondary N) is 1. The summed E-state index contributed by atoms with van der Waals surface area (Å²) in [5, 5.41) is 2.81. The van der Waals surface area contributed by atoms with Crippen molar-refractivity contribution in [3.8, 4) is 11.5 Å². The highest BCUT2D eigenvalue weighted by Crippen LogP contribution is 2.25. The molecule has 0 aliphatic rings. The third-order valence-electron chi connectivity index (χ3n) is 4.33. The minimum absolute atomic E-state index is 0.138. The van der Waals surface area contributed by atoms with Gasteiger partial charge >= 0.3 is 0 Å². The SMILES string of the molecule is COc1ccc(S(=O)(=O)N(C)C)cc1CCC(=O)NCCOc1cccc(C)c1. The van der Waals surface area contributed by atoms with Crippen molar-refractivity contribution in [3.05, 3.63) is 53.6 Å². The number of hydrogen-bond acceptors (Lipinski definition) is 5. The summed E-state index contributed by atoms with van der Waals surface area (Å²) in [5.74, 6) is 1.18. The molecule has 0 aliphatic heterocycles. The Labute approximate surface area is 172 Å². The summed E-state index contributed by atoms with van der Waals surface area (Å²) in [4.78, 5) is 12.3. The minimum Gasteiger partial charge on any atom is -0.496 e. The van der Waals surface area contributed by atoms with Crippen LogP contribution in [-0.2, 0) is 21.2 Å². The number of ether oxygens (including phenoxy) is 2. The van der Waals surface area contributed by atoms with Gasteiger partial charge in [0.1, 0.15) is 18.1 Å². The molecule has 0 bridgehead atoms. The highest BCUT2D eigenvalue weighted by molar-refractivity contribution is 7.89. The molecule has 0 heterocycles. The van der Waals surface area contributed by atoms with Gasteiger partial charge in [-0.25, -0.2) is 12.7 Å². The molecule has 8 heteroatoms. The zero-order valence-corrected chi connectivity index (χ0v) is 18.1. The number of rotatable bonds is 10. The molecule has 0 atom stereocenters. The molecule has 0 radical (unpaired) electrons. The maximum absolute atomic E-state index is 12.3. The number of amides is 1. The Morgan fingerprint density at radius 3 is 2.55 bits per heavy atom. The first-order valence-electron chi connectivity index (χ1n) is 9.29. The topological polar surface area (TPSA) is 84.9 Å². The van der Waals surface area contributed by atoms with E-state index in [0.717, 1.165) is 15.6 Å². The summed E-state index contributed by atoms with van der Waals surface area (Å²) in [6.45, 7) is 2.75. The van der Waals surface area contributed by atoms with Crippen molar-refractivity contribution in [2.24, 2.45) is 0 Å². The van der Waals surface area contributed by atoms with Crippen LogP contribution >= 0.6 is 0 Å². The monoisotopic (exact) mass is 420 g/mol. The lowest BCUT2D eigenvalue weighted by Gasteiger charge is -2.14. The zero-order chi connectivity index (χ0) is 21.4. The number of hydrogen-bond donors (Lipinski definition) is 1. The van der Waals surface area contributed by atoms with Crippen molar-refractivity contribution in [2.75, 3.05) is 34.4 Å². The second-order valence-corrected chi connectivity index (χ2v) is 8.93. The Morgan fingerprint density at radius 1 is 1.14 bits per heavy atom. The lowest BCUT2D eigenvalue weighted by Crippen LogP contribution is -2.28. The van der Waals surface area contributed by atoms with E-state index in [1.54, 1.807) is 12.1 Å². The minimum atomic E-state index is -3.55. The van der Waals surface area contributed by atoms with Gasteiger partial charge in [0, 0.05) is 20.5 Å². The second kappa shape index (κ2) is 10.3. The van der Waals surface area contributed by atoms with Gasteiger partial charge in [-0.2, -0.15) is 0 Å². The summed E-state index contributed by atoms with van der Waals surface area (Å²) < 4.78 is 36.7. The predicted molar refractivity (Wildman–Crippen MR) is 112 cm³/mol. The molecule has 29 heavy (non-hydrogen) atoms. The van der Waals surface area contributed by atoms with E-state index >= 15 is 0 Å². The van der Waals surface area contributed by atoms with Crippen molar-refractivity contribution in [1.29, 1.82) is 0 Å². The first-order valence-corrected chi connectivity index (χ1v) is 10.7. The summed E-state index contributed by atoms with van der Waals surface area (Å²) >= 11 is 0. The van der Waals surface area contributed by atoms with Gasteiger partial charge in [-0.3, -0.25) is 4.79 Å². The fraction of sp³-hybridized carbons (Fsp3) is 0.381. The Hall–Kier alpha value is -2.58. The molecule has 0 spiro atoms. The molecular weight excluding hydrogens is 392 g/mol. The molecule has 1 N–H and O–H groups in total. The van der Waals surface area contributed by atoms with Crippen molar-refractivity contribution in [3.63, 3.8) is 0 Å². The molecule has 0 saturated carbocycles. The van der Waals surface area contributed by atoms with E-state index < -0.39 is 10.0 Å². The fourth-order valence-electron chi connectivity index (χ4n) is 2.72. The van der Waals surface area contributed by atoms with Crippen molar-refractivity contribution < 1.29 is 22.7 Å². The summed E-state index contributed by atoms with van der Waals surface area (Å²) in [5.41, 5.74) is 1.78. The third kappa shape index (κ3) is 6.47. The molecule has 0 unspecified atom stereocenters. The summed E-state index contributed by atoms with van der Waals surface area (Å²) in [7, 11) is 0.922. The number of methoxy groups -OCH3 is 1. The molecule has 0 fully saturated rings. The number of benzene rings is 2. The molecule has 0 aromatic heterocycles. The van der Waals surface area contributed by atoms with Crippen molar-refractivity contribution in [1.82, 2.24) is 9.62 Å². The molecule has 2 rings (SSSR count). The Kier molecular flexibility index (Phi) is 8.04. The number of carbonyl (C=O) groups is 1. The van der Waals surface area contributed by atoms with Crippen LogP contribution in [0.3, 0.4) is 0 Å². The van der Waals surface area contributed by atoms with E-state index in [0.29, 0.717) is 30.9 Å². The highest BCUT2D eigenvalue weighted by atomic mass is 32.2. The summed E-state index contributed by atoms with van der Waals surface area (Å²) in [6.07, 6.45) is 0.580. The highest BCUT2D eigenvalue weighted by Gasteiger charge is 2.19. The zero-order valence-electron chi connectivity index (χ0n) is 17.3. The van der Waals surface area contributed by atoms with Crippen LogP contribution in [0.15, 0.2) is 47.4 Å². The molecule has 7 nitrogen and oxygen atoms in total. The molecule has 1 amide bonds. The maximum Gasteiger partial charge on any atom is 0.242 e. The first kappa shape index (κ1) is 22.7. The average molecular weight is 421 g/mol. The van der Waals surface area contributed by atoms with E-state index in [1.165, 1.54) is 27.3 Å². The van der Waals surface area contributed by atoms with Gasteiger partial charge < -0.3 is 14.8 Å². The van der Waals surface area contributed by atoms with E-state index in [4.69, 9.17) is 9.47 Å². The molecule has 2 aromatic rings. The van der Waals surface area contributed by atoms with E-state index in [1.807, 2.05) is 31.2 Å². The van der Waals surface area contributed by atoms with E-state index in [-0.39, 0.29) is 17.2 Å². The van der Waals surface area contributed by atoms with Gasteiger partial charge in [0.2, 0.25) is 15.9 Å². The van der Waals surface area contributed by atoms with Gasteiger partial charge in [-0.05, 0) is 54.8 Å². The average Bonchev–Trinajstić information content (AvgIpc) is 2.69. The van der Waals surface area contributed by atoms with Crippen LogP contribution in [0.5, 0.6) is 11.5 Å². The molecular formula is C21H28N2O5S. The van der Waals surface area contributed by atoms with Gasteiger partial charge in [0.25, 0.3) is 0 Å². The second-order valence-electron chi connectivity index (χ2n) is 6.78. The Morgan fingerprint density at radius 2 is 1.90 bits per heavy atom. The lowest BCUT2D eigenvalue weighted by molar-refractivity contribution is -0.121. The van der Waals surface area contributed by atoms with Crippen LogP contribution in [0.4, 0.5) is 0 Å². The molecule has 2 aromatic carbocycles. The van der Waals surface area contributed by atoms with Crippen LogP contribution in [0.1, 0.15) is 17.5 Å². The van der Waals surface area contributed by atoms with E-state index in [2.05, 4.69) is 5.32 Å². The number of sulfonamides is 1. The Balaban J connectivity index is 1.88. The smallest absolute Gasteiger partial charge is 0.242 e. The number of nitrogens with zero attached hydrogens (tertiary/aromatic N) is 1. The molecule has 158 valence electrons. The normalized spacial score (nSPS) is 11.3. The Bertz CT molecular complexity index is 942. The maximum atomic E-state index is 12.3. The van der Waals surface area contributed by atoms with Crippen LogP contribution in [0.25, 0.3) is 0 Å². The largest absolute Gasteiger partial charge is 0.496 e. The van der Waals surface area contributed by atoms with Crippen LogP contribution in [-0.4, -0.2) is 53.0 Å². The van der Waals surface area contributed by atoms with E-state index in [9.17, 15) is 13.2 Å². The first-order chi connectivity index (χ1) is 13.7. The summed E-state index contributed by atoms with van der Waals surface area (Å²) in [6, 6.07) is 12.4. The lowest BCUT2D eigenvalue weighted by atomic mass is 10.1. The quantitative estimate of drug-likeness (QED) is 0.597. The van der Waals surface area contributed by atoms with Crippen molar-refractivity contribution >= 4 is 15.9 Å². The predicted octanol–water partition coefficient (Wildman–Crippen LogP) is 2.38. The van der Waals surface area contributed by atoms with Gasteiger partial charge in [0.15, 0.2) is 0 Å². The molecule has 0 aliphatic carbocycles. The van der Waals surface area contributed by atoms with Crippen LogP contribution < -0.4 is 14.8 Å². The fourth-order valence-corrected chi connectivity index (χ4v) is 3.68.